The van der Waals surface area contributed by atoms with Crippen molar-refractivity contribution in [1.82, 2.24) is 0 Å². The second kappa shape index (κ2) is 7.83. The maximum atomic E-state index is 5.83. The Bertz CT molecular complexity index is 680. The minimum absolute atomic E-state index is 0.273. The van der Waals surface area contributed by atoms with Gasteiger partial charge in [0.05, 0.1) is 12.7 Å². The van der Waals surface area contributed by atoms with Crippen molar-refractivity contribution < 1.29 is 14.2 Å². The van der Waals surface area contributed by atoms with Crippen molar-refractivity contribution in [1.29, 1.82) is 0 Å². The molecule has 2 aromatic carbocycles. The van der Waals surface area contributed by atoms with E-state index in [-0.39, 0.29) is 4.99 Å². The highest BCUT2D eigenvalue weighted by Crippen LogP contribution is 2.31. The molecule has 0 heterocycles. The summed E-state index contributed by atoms with van der Waals surface area (Å²) in [4.78, 5) is 0.273. The van der Waals surface area contributed by atoms with Gasteiger partial charge in [0.25, 0.3) is 0 Å². The minimum Gasteiger partial charge on any atom is -0.493 e. The molecule has 0 aromatic heterocycles. The molecule has 0 aliphatic carbocycles. The Morgan fingerprint density at radius 3 is 2.09 bits per heavy atom. The van der Waals surface area contributed by atoms with E-state index in [0.717, 1.165) is 16.9 Å². The van der Waals surface area contributed by atoms with Gasteiger partial charge in [0.15, 0.2) is 11.5 Å². The van der Waals surface area contributed by atoms with Gasteiger partial charge >= 0.3 is 0 Å². The number of thiocarbonyl (C=S) groups is 1. The molecule has 122 valence electrons. The molecule has 0 spiro atoms. The predicted octanol–water partition coefficient (Wildman–Crippen LogP) is 3.40. The summed E-state index contributed by atoms with van der Waals surface area (Å²) in [5.74, 6) is 2.04. The summed E-state index contributed by atoms with van der Waals surface area (Å²) >= 11 is 5.06. The standard InChI is InChI=1S/C18H21NO3S/c1-12-6-4-7-13(2)16(12)21-10-11-22-17-14(18(19)23)8-5-9-15(17)20-3/h4-9H,10-11H2,1-3H3,(H2,19,23). The van der Waals surface area contributed by atoms with E-state index < -0.39 is 0 Å². The molecule has 0 saturated heterocycles. The molecule has 0 unspecified atom stereocenters. The van der Waals surface area contributed by atoms with E-state index in [1.807, 2.05) is 50.2 Å². The van der Waals surface area contributed by atoms with Gasteiger partial charge < -0.3 is 19.9 Å². The molecule has 0 aliphatic rings. The van der Waals surface area contributed by atoms with Crippen LogP contribution in [0.4, 0.5) is 0 Å². The quantitative estimate of drug-likeness (QED) is 0.622. The highest BCUT2D eigenvalue weighted by molar-refractivity contribution is 7.80. The van der Waals surface area contributed by atoms with Crippen LogP contribution in [0.1, 0.15) is 16.7 Å². The maximum Gasteiger partial charge on any atom is 0.171 e. The zero-order valence-corrected chi connectivity index (χ0v) is 14.4. The van der Waals surface area contributed by atoms with Crippen LogP contribution >= 0.6 is 12.2 Å². The molecule has 0 atom stereocenters. The highest BCUT2D eigenvalue weighted by atomic mass is 32.1. The summed E-state index contributed by atoms with van der Waals surface area (Å²) in [7, 11) is 1.58. The Balaban J connectivity index is 2.03. The van der Waals surface area contributed by atoms with Gasteiger partial charge in [0, 0.05) is 0 Å². The second-order valence-corrected chi connectivity index (χ2v) is 5.56. The van der Waals surface area contributed by atoms with Crippen LogP contribution in [0.5, 0.6) is 17.2 Å². The van der Waals surface area contributed by atoms with E-state index in [1.54, 1.807) is 7.11 Å². The number of benzene rings is 2. The molecule has 0 radical (unpaired) electrons. The van der Waals surface area contributed by atoms with E-state index in [1.165, 1.54) is 0 Å². The predicted molar refractivity (Wildman–Crippen MR) is 95.8 cm³/mol. The van der Waals surface area contributed by atoms with Crippen molar-refractivity contribution in [2.75, 3.05) is 20.3 Å². The summed E-state index contributed by atoms with van der Waals surface area (Å²) < 4.78 is 16.9. The Morgan fingerprint density at radius 1 is 0.957 bits per heavy atom. The molecule has 2 N–H and O–H groups in total. The van der Waals surface area contributed by atoms with Crippen LogP contribution in [0.25, 0.3) is 0 Å². The highest BCUT2D eigenvalue weighted by Gasteiger charge is 2.12. The minimum atomic E-state index is 0.273. The van der Waals surface area contributed by atoms with Gasteiger partial charge in [-0.05, 0) is 37.1 Å². The number of hydrogen-bond acceptors (Lipinski definition) is 4. The van der Waals surface area contributed by atoms with Gasteiger partial charge in [-0.3, -0.25) is 0 Å². The molecule has 0 aliphatic heterocycles. The molecule has 0 saturated carbocycles. The Kier molecular flexibility index (Phi) is 5.82. The van der Waals surface area contributed by atoms with E-state index in [4.69, 9.17) is 32.2 Å². The Labute approximate surface area is 142 Å². The molecular formula is C18H21NO3S. The molecule has 4 nitrogen and oxygen atoms in total. The van der Waals surface area contributed by atoms with Crippen molar-refractivity contribution >= 4 is 17.2 Å². The number of methoxy groups -OCH3 is 1. The third-order valence-electron chi connectivity index (χ3n) is 3.45. The number of nitrogens with two attached hydrogens (primary N) is 1. The zero-order valence-electron chi connectivity index (χ0n) is 13.6. The van der Waals surface area contributed by atoms with Crippen LogP contribution in [-0.2, 0) is 0 Å². The number of hydrogen-bond donors (Lipinski definition) is 1. The lowest BCUT2D eigenvalue weighted by atomic mass is 10.1. The number of ether oxygens (including phenoxy) is 3. The summed E-state index contributed by atoms with van der Waals surface area (Å²) in [5.41, 5.74) is 8.60. The molecule has 2 aromatic rings. The third kappa shape index (κ3) is 4.13. The van der Waals surface area contributed by atoms with Crippen LogP contribution in [0, 0.1) is 13.8 Å². The zero-order chi connectivity index (χ0) is 16.8. The third-order valence-corrected chi connectivity index (χ3v) is 3.67. The summed E-state index contributed by atoms with van der Waals surface area (Å²) in [6.45, 7) is 4.83. The fraction of sp³-hybridized carbons (Fsp3) is 0.278. The van der Waals surface area contributed by atoms with Crippen molar-refractivity contribution in [2.45, 2.75) is 13.8 Å². The van der Waals surface area contributed by atoms with Gasteiger partial charge in [0.2, 0.25) is 0 Å². The lowest BCUT2D eigenvalue weighted by Gasteiger charge is -2.16. The van der Waals surface area contributed by atoms with E-state index in [2.05, 4.69) is 0 Å². The first-order chi connectivity index (χ1) is 11.0. The number of para-hydroxylation sites is 2. The van der Waals surface area contributed by atoms with Gasteiger partial charge in [-0.15, -0.1) is 0 Å². The summed E-state index contributed by atoms with van der Waals surface area (Å²) in [6.07, 6.45) is 0. The van der Waals surface area contributed by atoms with Gasteiger partial charge in [-0.2, -0.15) is 0 Å². The lowest BCUT2D eigenvalue weighted by Crippen LogP contribution is -2.15. The van der Waals surface area contributed by atoms with E-state index in [9.17, 15) is 0 Å². The van der Waals surface area contributed by atoms with Crippen LogP contribution in [0.2, 0.25) is 0 Å². The normalized spacial score (nSPS) is 10.2. The molecule has 0 bridgehead atoms. The monoisotopic (exact) mass is 331 g/mol. The smallest absolute Gasteiger partial charge is 0.171 e. The van der Waals surface area contributed by atoms with Crippen LogP contribution < -0.4 is 19.9 Å². The van der Waals surface area contributed by atoms with Crippen LogP contribution in [0.3, 0.4) is 0 Å². The van der Waals surface area contributed by atoms with Crippen molar-refractivity contribution in [2.24, 2.45) is 5.73 Å². The van der Waals surface area contributed by atoms with Gasteiger partial charge in [-0.1, -0.05) is 36.5 Å². The maximum absolute atomic E-state index is 5.83. The fourth-order valence-electron chi connectivity index (χ4n) is 2.33. The molecule has 0 fully saturated rings. The van der Waals surface area contributed by atoms with Crippen LogP contribution in [-0.4, -0.2) is 25.3 Å². The average molecular weight is 331 g/mol. The Hall–Kier alpha value is -2.27. The van der Waals surface area contributed by atoms with Crippen molar-refractivity contribution in [3.05, 3.63) is 53.1 Å². The number of aryl methyl sites for hydroxylation is 2. The first-order valence-corrected chi connectivity index (χ1v) is 7.74. The summed E-state index contributed by atoms with van der Waals surface area (Å²) in [5, 5.41) is 0. The molecule has 0 amide bonds. The Morgan fingerprint density at radius 2 is 1.52 bits per heavy atom. The molecule has 2 rings (SSSR count). The van der Waals surface area contributed by atoms with E-state index >= 15 is 0 Å². The first kappa shape index (κ1) is 17.1. The fourth-order valence-corrected chi connectivity index (χ4v) is 2.49. The van der Waals surface area contributed by atoms with Gasteiger partial charge in [-0.25, -0.2) is 0 Å². The van der Waals surface area contributed by atoms with E-state index in [0.29, 0.717) is 30.3 Å². The molecule has 23 heavy (non-hydrogen) atoms. The number of rotatable bonds is 7. The van der Waals surface area contributed by atoms with Crippen molar-refractivity contribution in [3.8, 4) is 17.2 Å². The van der Waals surface area contributed by atoms with Gasteiger partial charge in [0.1, 0.15) is 24.0 Å². The second-order valence-electron chi connectivity index (χ2n) is 5.12. The molecule has 5 heteroatoms. The van der Waals surface area contributed by atoms with Crippen molar-refractivity contribution in [3.63, 3.8) is 0 Å². The summed E-state index contributed by atoms with van der Waals surface area (Å²) in [6, 6.07) is 11.5. The lowest BCUT2D eigenvalue weighted by molar-refractivity contribution is 0.209. The average Bonchev–Trinajstić information content (AvgIpc) is 2.53. The SMILES string of the molecule is COc1cccc(C(N)=S)c1OCCOc1c(C)cccc1C. The molecular weight excluding hydrogens is 310 g/mol. The topological polar surface area (TPSA) is 53.7 Å². The first-order valence-electron chi connectivity index (χ1n) is 7.33. The largest absolute Gasteiger partial charge is 0.493 e. The van der Waals surface area contributed by atoms with Crippen LogP contribution in [0.15, 0.2) is 36.4 Å².